The van der Waals surface area contributed by atoms with E-state index in [-0.39, 0.29) is 76.0 Å². The predicted octanol–water partition coefficient (Wildman–Crippen LogP) is -4.86. The molecule has 0 bridgehead atoms. The number of hydrogen-bond acceptors (Lipinski definition) is 2. The van der Waals surface area contributed by atoms with Crippen LogP contribution in [-0.4, -0.2) is 0 Å². The summed E-state index contributed by atoms with van der Waals surface area (Å²) in [6.07, 6.45) is 0. The van der Waals surface area contributed by atoms with Crippen LogP contribution in [-0.2, 0) is 5.41 Å². The van der Waals surface area contributed by atoms with Gasteiger partial charge in [0.25, 0.3) is 0 Å². The van der Waals surface area contributed by atoms with E-state index in [4.69, 9.17) is 0 Å². The van der Waals surface area contributed by atoms with Crippen LogP contribution in [0.5, 0.6) is 11.5 Å². The van der Waals surface area contributed by atoms with Gasteiger partial charge in [0, 0.05) is 0 Å². The summed E-state index contributed by atoms with van der Waals surface area (Å²) in [6, 6.07) is 4.06. The molecule has 0 saturated carbocycles. The summed E-state index contributed by atoms with van der Waals surface area (Å²) in [5.41, 5.74) is 0.354. The van der Waals surface area contributed by atoms with Gasteiger partial charge < -0.3 is 10.2 Å². The molecule has 1 aromatic rings. The summed E-state index contributed by atoms with van der Waals surface area (Å²) in [6.45, 7) is 5.76. The fraction of sp³-hybridized carbons (Fsp3) is 0.400. The Hall–Kier alpha value is 0.820. The second-order valence-corrected chi connectivity index (χ2v) is 3.91. The van der Waals surface area contributed by atoms with Crippen LogP contribution in [0.25, 0.3) is 0 Å². The zero-order chi connectivity index (χ0) is 9.35. The largest absolute Gasteiger partial charge is 1.00 e. The van der Waals surface area contributed by atoms with Crippen molar-refractivity contribution >= 4 is 0 Å². The predicted molar refractivity (Wildman–Crippen MR) is 44.0 cm³/mol. The molecule has 0 atom stereocenters. The average molecular weight is 210 g/mol. The summed E-state index contributed by atoms with van der Waals surface area (Å²) in [5.74, 6) is -0.151. The summed E-state index contributed by atoms with van der Waals surface area (Å²) in [5, 5.41) is 22.2. The minimum atomic E-state index is -0.239. The fourth-order valence-corrected chi connectivity index (χ4v) is 1.10. The van der Waals surface area contributed by atoms with Crippen LogP contribution in [0.4, 0.5) is 0 Å². The van der Waals surface area contributed by atoms with Gasteiger partial charge in [-0.15, -0.1) is 11.5 Å². The molecule has 0 aromatic heterocycles. The molecule has 1 rings (SSSR count). The van der Waals surface area contributed by atoms with E-state index in [1.165, 1.54) is 18.2 Å². The Morgan fingerprint density at radius 2 is 1.50 bits per heavy atom. The Balaban J connectivity index is 0. The van der Waals surface area contributed by atoms with Gasteiger partial charge in [0.05, 0.1) is 0 Å². The Morgan fingerprint density at radius 3 is 1.86 bits per heavy atom. The maximum Gasteiger partial charge on any atom is 1.00 e. The fourth-order valence-electron chi connectivity index (χ4n) is 1.10. The minimum absolute atomic E-state index is 0. The Bertz CT molecular complexity index is 293. The Labute approximate surface area is 129 Å². The van der Waals surface area contributed by atoms with E-state index >= 15 is 0 Å². The molecule has 0 aliphatic rings. The third-order valence-electron chi connectivity index (χ3n) is 1.76. The summed E-state index contributed by atoms with van der Waals surface area (Å²) in [4.78, 5) is 0. The van der Waals surface area contributed by atoms with Gasteiger partial charge in [0.15, 0.2) is 0 Å². The van der Waals surface area contributed by atoms with Crippen LogP contribution in [0.3, 0.4) is 0 Å². The van der Waals surface area contributed by atoms with Gasteiger partial charge in [-0.2, -0.15) is 0 Å². The van der Waals surface area contributed by atoms with Gasteiger partial charge in [-0.05, 0) is 5.41 Å². The van der Waals surface area contributed by atoms with Crippen LogP contribution in [0.2, 0.25) is 0 Å². The van der Waals surface area contributed by atoms with Crippen molar-refractivity contribution in [3.8, 4) is 11.5 Å². The molecule has 0 N–H and O–H groups in total. The average Bonchev–Trinajstić information content (AvgIpc) is 1.92. The van der Waals surface area contributed by atoms with Crippen molar-refractivity contribution in [1.29, 1.82) is 0 Å². The maximum absolute atomic E-state index is 11.3. The van der Waals surface area contributed by atoms with Gasteiger partial charge in [-0.3, -0.25) is 0 Å². The topological polar surface area (TPSA) is 46.1 Å². The Kier molecular flexibility index (Phi) is 7.89. The van der Waals surface area contributed by atoms with E-state index in [1.54, 1.807) is 0 Å². The van der Waals surface area contributed by atoms with E-state index in [2.05, 4.69) is 0 Å². The molecule has 0 fully saturated rings. The summed E-state index contributed by atoms with van der Waals surface area (Å²) in [7, 11) is 0. The number of rotatable bonds is 0. The van der Waals surface area contributed by atoms with E-state index < -0.39 is 0 Å². The molecule has 1 aromatic carbocycles. The van der Waals surface area contributed by atoms with Crippen molar-refractivity contribution in [2.45, 2.75) is 26.2 Å². The SMILES string of the molecule is CC(C)(C)c1cc([O-])ccc1[O-].[Na+].[Na+]. The minimum Gasteiger partial charge on any atom is -0.872 e. The van der Waals surface area contributed by atoms with E-state index in [1.807, 2.05) is 20.8 Å². The van der Waals surface area contributed by atoms with Gasteiger partial charge in [-0.1, -0.05) is 44.5 Å². The second-order valence-electron chi connectivity index (χ2n) is 3.91. The third-order valence-corrected chi connectivity index (χ3v) is 1.76. The van der Waals surface area contributed by atoms with Crippen LogP contribution < -0.4 is 69.3 Å². The number of hydrogen-bond donors (Lipinski definition) is 0. The van der Waals surface area contributed by atoms with Crippen molar-refractivity contribution in [2.24, 2.45) is 0 Å². The first-order valence-corrected chi connectivity index (χ1v) is 3.90. The summed E-state index contributed by atoms with van der Waals surface area (Å²) < 4.78 is 0. The molecular formula is C10H12Na2O2. The van der Waals surface area contributed by atoms with Crippen molar-refractivity contribution in [2.75, 3.05) is 0 Å². The molecule has 2 nitrogen and oxygen atoms in total. The van der Waals surface area contributed by atoms with Crippen molar-refractivity contribution < 1.29 is 69.3 Å². The molecule has 66 valence electrons. The molecule has 0 saturated heterocycles. The molecule has 0 aliphatic heterocycles. The molecule has 0 spiro atoms. The third kappa shape index (κ3) is 4.56. The second kappa shape index (κ2) is 6.41. The number of benzene rings is 1. The van der Waals surface area contributed by atoms with Gasteiger partial charge >= 0.3 is 59.1 Å². The van der Waals surface area contributed by atoms with Gasteiger partial charge in [-0.25, -0.2) is 0 Å². The van der Waals surface area contributed by atoms with Gasteiger partial charge in [0.2, 0.25) is 0 Å². The molecule has 0 heterocycles. The van der Waals surface area contributed by atoms with Crippen molar-refractivity contribution in [3.63, 3.8) is 0 Å². The monoisotopic (exact) mass is 210 g/mol. The van der Waals surface area contributed by atoms with Crippen LogP contribution in [0.1, 0.15) is 26.3 Å². The van der Waals surface area contributed by atoms with Gasteiger partial charge in [0.1, 0.15) is 0 Å². The van der Waals surface area contributed by atoms with Crippen LogP contribution in [0.15, 0.2) is 18.2 Å². The molecule has 0 radical (unpaired) electrons. The quantitative estimate of drug-likeness (QED) is 0.403. The zero-order valence-electron chi connectivity index (χ0n) is 9.55. The van der Waals surface area contributed by atoms with E-state index in [0.717, 1.165) is 0 Å². The Morgan fingerprint density at radius 1 is 1.00 bits per heavy atom. The van der Waals surface area contributed by atoms with Crippen molar-refractivity contribution in [3.05, 3.63) is 23.8 Å². The maximum atomic E-state index is 11.3. The first-order chi connectivity index (χ1) is 5.41. The van der Waals surface area contributed by atoms with Crippen LogP contribution >= 0.6 is 0 Å². The van der Waals surface area contributed by atoms with E-state index in [9.17, 15) is 10.2 Å². The molecular weight excluding hydrogens is 198 g/mol. The summed E-state index contributed by atoms with van der Waals surface area (Å²) >= 11 is 0. The van der Waals surface area contributed by atoms with E-state index in [0.29, 0.717) is 5.56 Å². The molecule has 14 heavy (non-hydrogen) atoms. The van der Waals surface area contributed by atoms with Crippen molar-refractivity contribution in [1.82, 2.24) is 0 Å². The smallest absolute Gasteiger partial charge is 0.872 e. The zero-order valence-corrected chi connectivity index (χ0v) is 13.5. The normalized spacial score (nSPS) is 9.93. The molecule has 0 amide bonds. The first kappa shape index (κ1) is 17.2. The molecule has 0 aliphatic carbocycles. The first-order valence-electron chi connectivity index (χ1n) is 3.90. The standard InChI is InChI=1S/C10H14O2.2Na/c1-10(2,3)8-6-7(11)4-5-9(8)12;;/h4-6,11-12H,1-3H3;;/q;2*+1/p-2. The molecule has 0 unspecified atom stereocenters. The van der Waals surface area contributed by atoms with Crippen LogP contribution in [0, 0.1) is 0 Å². The molecule has 4 heteroatoms.